The molecule has 0 saturated carbocycles. The van der Waals surface area contributed by atoms with E-state index in [1.54, 1.807) is 32.6 Å². The van der Waals surface area contributed by atoms with Crippen LogP contribution in [0.5, 0.6) is 11.5 Å². The van der Waals surface area contributed by atoms with Crippen LogP contribution in [0.3, 0.4) is 0 Å². The Labute approximate surface area is 509 Å². The SMILES string of the molecule is CCCCCC(=O)N(Cc1nc2c(=O)[nH]c(NC(=O)C(C)C)nc2n1[C@H]1C[C@H](OP(OCCC#N)N(C(C)C)C(C)C)[C@@H](C(O)C(c2ccccc2)(c2ccc(OC)cc2)c2ccc(OC)cc2)O1)NC(=O)OCC1c2ccccc2-c2ccccc21. The zero-order valence-electron chi connectivity index (χ0n) is 50.8. The molecule has 1 aliphatic carbocycles. The van der Waals surface area contributed by atoms with Gasteiger partial charge in [-0.25, -0.2) is 24.9 Å². The van der Waals surface area contributed by atoms with Crippen LogP contribution in [0.2, 0.25) is 0 Å². The molecule has 7 aromatic rings. The van der Waals surface area contributed by atoms with Gasteiger partial charge in [-0.2, -0.15) is 10.2 Å². The number of aromatic nitrogens is 4. The van der Waals surface area contributed by atoms with Gasteiger partial charge in [0.05, 0.1) is 44.8 Å². The van der Waals surface area contributed by atoms with Gasteiger partial charge in [0.1, 0.15) is 48.9 Å². The minimum atomic E-state index is -2.01. The van der Waals surface area contributed by atoms with Gasteiger partial charge in [0, 0.05) is 36.8 Å². The summed E-state index contributed by atoms with van der Waals surface area (Å²) in [7, 11) is 1.15. The fourth-order valence-corrected chi connectivity index (χ4v) is 13.5. The van der Waals surface area contributed by atoms with E-state index in [1.807, 2.05) is 162 Å². The fraction of sp³-hybridized carbons (Fsp3) is 0.409. The normalized spacial score (nSPS) is 16.4. The van der Waals surface area contributed by atoms with Gasteiger partial charge in [-0.05, 0) is 97.3 Å². The third-order valence-corrected chi connectivity index (χ3v) is 18.1. The maximum Gasteiger partial charge on any atom is 0.426 e. The van der Waals surface area contributed by atoms with Crippen molar-refractivity contribution in [1.29, 1.82) is 5.26 Å². The van der Waals surface area contributed by atoms with Crippen LogP contribution in [-0.2, 0) is 40.1 Å². The van der Waals surface area contributed by atoms with E-state index in [9.17, 15) is 29.5 Å². The summed E-state index contributed by atoms with van der Waals surface area (Å²) in [5.41, 5.74) is 6.52. The molecule has 3 amide bonds. The van der Waals surface area contributed by atoms with Crippen molar-refractivity contribution < 1.29 is 47.5 Å². The van der Waals surface area contributed by atoms with Gasteiger partial charge in [-0.1, -0.05) is 137 Å². The molecule has 458 valence electrons. The lowest BCUT2D eigenvalue weighted by atomic mass is 9.64. The third kappa shape index (κ3) is 13.7. The number of aliphatic hydroxyl groups excluding tert-OH is 1. The molecule has 20 nitrogen and oxygen atoms in total. The number of nitriles is 1. The number of aromatic amines is 1. The zero-order chi connectivity index (χ0) is 61.9. The number of carbonyl (C=O) groups is 3. The number of H-pyrrole nitrogens is 1. The van der Waals surface area contributed by atoms with Gasteiger partial charge in [0.15, 0.2) is 11.2 Å². The average Bonchev–Trinajstić information content (AvgIpc) is 1.81. The Morgan fingerprint density at radius 3 is 1.98 bits per heavy atom. The van der Waals surface area contributed by atoms with E-state index in [0.29, 0.717) is 34.6 Å². The molecule has 5 aromatic carbocycles. The van der Waals surface area contributed by atoms with Crippen LogP contribution >= 0.6 is 8.53 Å². The first-order valence-electron chi connectivity index (χ1n) is 29.7. The van der Waals surface area contributed by atoms with Crippen LogP contribution in [0, 0.1) is 17.2 Å². The lowest BCUT2D eigenvalue weighted by molar-refractivity contribution is -0.135. The molecule has 2 aliphatic rings. The number of amides is 3. The zero-order valence-corrected chi connectivity index (χ0v) is 51.7. The van der Waals surface area contributed by atoms with E-state index in [2.05, 4.69) is 26.5 Å². The van der Waals surface area contributed by atoms with Gasteiger partial charge in [0.2, 0.25) is 17.8 Å². The smallest absolute Gasteiger partial charge is 0.426 e. The van der Waals surface area contributed by atoms with Gasteiger partial charge in [0.25, 0.3) is 14.1 Å². The number of hydrogen-bond acceptors (Lipinski definition) is 15. The topological polar surface area (TPSA) is 245 Å². The number of unbranched alkanes of at least 4 members (excludes halogenated alkanes) is 2. The lowest BCUT2D eigenvalue weighted by Crippen LogP contribution is -2.52. The molecule has 1 saturated heterocycles. The number of aliphatic hydroxyl groups is 1. The summed E-state index contributed by atoms with van der Waals surface area (Å²) >= 11 is 0. The summed E-state index contributed by atoms with van der Waals surface area (Å²) in [5.74, 6) is -0.606. The quantitative estimate of drug-likeness (QED) is 0.0170. The van der Waals surface area contributed by atoms with Crippen molar-refractivity contribution in [1.82, 2.24) is 34.6 Å². The highest BCUT2D eigenvalue weighted by molar-refractivity contribution is 7.44. The van der Waals surface area contributed by atoms with Crippen molar-refractivity contribution in [2.75, 3.05) is 32.8 Å². The standard InChI is InChI=1S/C66H78N9O11P/c1-10-11-13-27-56(76)73(72-65(80)83-40-53-51-25-18-16-23-49(51)50-24-17-19-26-52(50)53)39-55-68-58-61(69-64(71-63(58)79)70-62(78)41(2)3)74(55)57-38-54(86-87(84-37-20-36-67)75(42(4)5)43(6)7)59(85-57)60(77)66(44-21-14-12-15-22-44,45-28-32-47(81-8)33-29-45)46-30-34-48(82-9)35-31-46/h12,14-19,21-26,28-35,41-43,53-54,57,59-60,77H,10-11,13,20,27,37-40H2,1-9H3,(H,72,80)(H2,69,70,71,78,79)/t54-,57+,59-,60?,87?/m0/s1. The van der Waals surface area contributed by atoms with E-state index in [4.69, 9.17) is 38.0 Å². The molecule has 1 fully saturated rings. The molecule has 0 radical (unpaired) electrons. The number of benzene rings is 5. The predicted molar refractivity (Wildman–Crippen MR) is 331 cm³/mol. The number of hydrogen-bond donors (Lipinski definition) is 4. The van der Waals surface area contributed by atoms with Gasteiger partial charge < -0.3 is 33.1 Å². The van der Waals surface area contributed by atoms with E-state index >= 15 is 0 Å². The number of anilines is 1. The first-order chi connectivity index (χ1) is 42.0. The number of nitrogens with one attached hydrogen (secondary N) is 3. The second-order valence-corrected chi connectivity index (χ2v) is 24.0. The molecule has 2 unspecified atom stereocenters. The van der Waals surface area contributed by atoms with Crippen LogP contribution < -0.4 is 25.8 Å². The van der Waals surface area contributed by atoms with Crippen LogP contribution in [0.4, 0.5) is 10.7 Å². The molecule has 4 N–H and O–H groups in total. The maximum atomic E-state index is 14.6. The lowest BCUT2D eigenvalue weighted by Gasteiger charge is -2.44. The monoisotopic (exact) mass is 1200 g/mol. The van der Waals surface area contributed by atoms with Crippen LogP contribution in [0.15, 0.2) is 132 Å². The molecule has 0 bridgehead atoms. The summed E-state index contributed by atoms with van der Waals surface area (Å²) in [6.45, 7) is 13.1. The van der Waals surface area contributed by atoms with E-state index in [0.717, 1.165) is 40.1 Å². The molecule has 2 aromatic heterocycles. The molecule has 1 aliphatic heterocycles. The van der Waals surface area contributed by atoms with Crippen molar-refractivity contribution >= 4 is 43.5 Å². The van der Waals surface area contributed by atoms with E-state index in [-0.39, 0.29) is 73.4 Å². The summed E-state index contributed by atoms with van der Waals surface area (Å²) in [5, 5.41) is 27.7. The molecule has 21 heteroatoms. The Hall–Kier alpha value is -8.02. The third-order valence-electron chi connectivity index (χ3n) is 15.9. The number of carbonyl (C=O) groups excluding carboxylic acids is 3. The Morgan fingerprint density at radius 1 is 0.828 bits per heavy atom. The first kappa shape index (κ1) is 63.5. The van der Waals surface area contributed by atoms with Crippen molar-refractivity contribution in [3.05, 3.63) is 171 Å². The van der Waals surface area contributed by atoms with Crippen molar-refractivity contribution in [3.63, 3.8) is 0 Å². The Morgan fingerprint density at radius 2 is 1.41 bits per heavy atom. The number of rotatable bonds is 26. The second-order valence-electron chi connectivity index (χ2n) is 22.6. The molecule has 3 heterocycles. The Balaban J connectivity index is 1.20. The molecular formula is C66H78N9O11P. The second kappa shape index (κ2) is 28.7. The number of methoxy groups -OCH3 is 2. The average molecular weight is 1200 g/mol. The highest BCUT2D eigenvalue weighted by Gasteiger charge is 2.54. The van der Waals surface area contributed by atoms with Gasteiger partial charge in [-0.15, -0.1) is 0 Å². The Bertz CT molecular complexity index is 3490. The first-order valence-corrected chi connectivity index (χ1v) is 30.8. The van der Waals surface area contributed by atoms with E-state index < -0.39 is 74.4 Å². The Kier molecular flexibility index (Phi) is 20.9. The summed E-state index contributed by atoms with van der Waals surface area (Å²) in [4.78, 5) is 69.1. The highest BCUT2D eigenvalue weighted by Crippen LogP contribution is 2.54. The highest BCUT2D eigenvalue weighted by atomic mass is 31.2. The van der Waals surface area contributed by atoms with Crippen LogP contribution in [0.25, 0.3) is 22.3 Å². The van der Waals surface area contributed by atoms with Crippen LogP contribution in [-0.4, -0.2) is 110 Å². The molecule has 5 atom stereocenters. The number of nitrogens with zero attached hydrogens (tertiary/aromatic N) is 6. The minimum Gasteiger partial charge on any atom is -0.497 e. The molecular weight excluding hydrogens is 1130 g/mol. The maximum absolute atomic E-state index is 14.6. The predicted octanol–water partition coefficient (Wildman–Crippen LogP) is 11.4. The molecule has 0 spiro atoms. The van der Waals surface area contributed by atoms with Crippen LogP contribution in [0.1, 0.15) is 133 Å². The number of ether oxygens (including phenoxy) is 4. The fourth-order valence-electron chi connectivity index (χ4n) is 11.8. The molecule has 87 heavy (non-hydrogen) atoms. The number of hydrazine groups is 1. The van der Waals surface area contributed by atoms with Crippen molar-refractivity contribution in [2.24, 2.45) is 5.92 Å². The summed E-state index contributed by atoms with van der Waals surface area (Å²) < 4.78 is 42.3. The molecule has 9 rings (SSSR count). The minimum absolute atomic E-state index is 0.0350. The van der Waals surface area contributed by atoms with Crippen molar-refractivity contribution in [2.45, 2.75) is 141 Å². The van der Waals surface area contributed by atoms with Gasteiger partial charge >= 0.3 is 6.09 Å². The summed E-state index contributed by atoms with van der Waals surface area (Å²) in [6.07, 6.45) is -3.81. The number of imidazole rings is 1. The van der Waals surface area contributed by atoms with E-state index in [1.165, 1.54) is 0 Å². The summed E-state index contributed by atoms with van der Waals surface area (Å²) in [6, 6.07) is 42.4. The largest absolute Gasteiger partial charge is 0.497 e. The number of fused-ring (bicyclic) bond motifs is 4. The van der Waals surface area contributed by atoms with Crippen molar-refractivity contribution in [3.8, 4) is 28.7 Å². The van der Waals surface area contributed by atoms with Gasteiger partial charge in [-0.3, -0.25) is 29.3 Å².